The van der Waals surface area contributed by atoms with E-state index < -0.39 is 0 Å². The molecule has 5 heteroatoms. The maximum Gasteiger partial charge on any atom is 0.251 e. The third-order valence-electron chi connectivity index (χ3n) is 2.66. The van der Waals surface area contributed by atoms with Crippen molar-refractivity contribution in [1.82, 2.24) is 15.3 Å². The molecule has 0 saturated carbocycles. The lowest BCUT2D eigenvalue weighted by atomic mass is 10.1. The number of halogens is 1. The van der Waals surface area contributed by atoms with E-state index in [1.165, 1.54) is 6.07 Å². The Morgan fingerprint density at radius 2 is 2.21 bits per heavy atom. The third-order valence-corrected chi connectivity index (χ3v) is 2.90. The fourth-order valence-electron chi connectivity index (χ4n) is 1.83. The molecule has 0 spiro atoms. The van der Waals surface area contributed by atoms with Crippen molar-refractivity contribution in [3.8, 4) is 0 Å². The molecule has 1 aromatic carbocycles. The van der Waals surface area contributed by atoms with Gasteiger partial charge in [-0.3, -0.25) is 4.79 Å². The van der Waals surface area contributed by atoms with E-state index in [1.807, 2.05) is 31.2 Å². The first-order valence-corrected chi connectivity index (χ1v) is 6.59. The first-order valence-electron chi connectivity index (χ1n) is 6.21. The molecule has 0 saturated heterocycles. The normalized spacial score (nSPS) is 10.6. The van der Waals surface area contributed by atoms with Crippen molar-refractivity contribution in [3.63, 3.8) is 0 Å². The predicted molar refractivity (Wildman–Crippen MR) is 76.5 cm³/mol. The molecule has 2 N–H and O–H groups in total. The van der Waals surface area contributed by atoms with E-state index in [0.29, 0.717) is 23.8 Å². The Hall–Kier alpha value is -1.65. The number of nitrogens with one attached hydrogen (secondary N) is 2. The standard InChI is InChI=1S/C14H16ClN3O/c1-2-16-9-12-8-14(19)18-13(17-12)7-10-4-3-5-11(15)6-10/h3-6,8,16H,2,7,9H2,1H3,(H,17,18,19). The number of hydrogen-bond acceptors (Lipinski definition) is 3. The van der Waals surface area contributed by atoms with Gasteiger partial charge in [-0.2, -0.15) is 0 Å². The van der Waals surface area contributed by atoms with Crippen LogP contribution in [0.1, 0.15) is 24.0 Å². The summed E-state index contributed by atoms with van der Waals surface area (Å²) in [5, 5.41) is 3.84. The lowest BCUT2D eigenvalue weighted by Gasteiger charge is -2.05. The lowest BCUT2D eigenvalue weighted by molar-refractivity contribution is 0.700. The zero-order valence-electron chi connectivity index (χ0n) is 10.7. The highest BCUT2D eigenvalue weighted by molar-refractivity contribution is 6.30. The minimum absolute atomic E-state index is 0.125. The molecule has 0 amide bonds. The van der Waals surface area contributed by atoms with Crippen LogP contribution in [-0.2, 0) is 13.0 Å². The highest BCUT2D eigenvalue weighted by Gasteiger charge is 2.03. The Bertz CT molecular complexity index is 610. The van der Waals surface area contributed by atoms with Gasteiger partial charge in [-0.15, -0.1) is 0 Å². The minimum Gasteiger partial charge on any atom is -0.311 e. The van der Waals surface area contributed by atoms with Crippen LogP contribution in [0.2, 0.25) is 5.02 Å². The molecule has 0 aliphatic carbocycles. The molecule has 1 aromatic heterocycles. The average Bonchev–Trinajstić information content (AvgIpc) is 2.35. The third kappa shape index (κ3) is 4.19. The smallest absolute Gasteiger partial charge is 0.251 e. The monoisotopic (exact) mass is 277 g/mol. The first kappa shape index (κ1) is 13.8. The molecule has 0 atom stereocenters. The molecule has 0 radical (unpaired) electrons. The number of nitrogens with zero attached hydrogens (tertiary/aromatic N) is 1. The predicted octanol–water partition coefficient (Wildman–Crippen LogP) is 2.12. The zero-order valence-corrected chi connectivity index (χ0v) is 11.5. The van der Waals surface area contributed by atoms with Crippen molar-refractivity contribution < 1.29 is 0 Å². The van der Waals surface area contributed by atoms with E-state index >= 15 is 0 Å². The molecule has 19 heavy (non-hydrogen) atoms. The van der Waals surface area contributed by atoms with Gasteiger partial charge < -0.3 is 10.3 Å². The highest BCUT2D eigenvalue weighted by atomic mass is 35.5. The number of rotatable bonds is 5. The van der Waals surface area contributed by atoms with E-state index in [-0.39, 0.29) is 5.56 Å². The second kappa shape index (κ2) is 6.50. The molecule has 2 rings (SSSR count). The molecule has 0 aliphatic heterocycles. The Morgan fingerprint density at radius 1 is 1.37 bits per heavy atom. The summed E-state index contributed by atoms with van der Waals surface area (Å²) in [5.74, 6) is 0.655. The van der Waals surface area contributed by atoms with Crippen LogP contribution in [0, 0.1) is 0 Å². The molecule has 0 unspecified atom stereocenters. The SMILES string of the molecule is CCNCc1cc(=O)[nH]c(Cc2cccc(Cl)c2)n1. The van der Waals surface area contributed by atoms with Gasteiger partial charge in [0.1, 0.15) is 5.82 Å². The Labute approximate surface area is 116 Å². The summed E-state index contributed by atoms with van der Waals surface area (Å²) in [6, 6.07) is 9.06. The lowest BCUT2D eigenvalue weighted by Crippen LogP contribution is -2.18. The molecule has 0 bridgehead atoms. The fourth-order valence-corrected chi connectivity index (χ4v) is 2.04. The van der Waals surface area contributed by atoms with Crippen LogP contribution < -0.4 is 10.9 Å². The number of hydrogen-bond donors (Lipinski definition) is 2. The van der Waals surface area contributed by atoms with Gasteiger partial charge in [0.05, 0.1) is 5.69 Å². The van der Waals surface area contributed by atoms with Crippen LogP contribution >= 0.6 is 11.6 Å². The number of H-pyrrole nitrogens is 1. The Kier molecular flexibility index (Phi) is 4.71. The van der Waals surface area contributed by atoms with E-state index in [2.05, 4.69) is 15.3 Å². The molecular weight excluding hydrogens is 262 g/mol. The molecule has 2 aromatic rings. The van der Waals surface area contributed by atoms with Crippen LogP contribution in [-0.4, -0.2) is 16.5 Å². The number of benzene rings is 1. The van der Waals surface area contributed by atoms with Gasteiger partial charge in [-0.25, -0.2) is 4.98 Å². The summed E-state index contributed by atoms with van der Waals surface area (Å²) in [6.07, 6.45) is 0.565. The van der Waals surface area contributed by atoms with Crippen LogP contribution in [0.3, 0.4) is 0 Å². The van der Waals surface area contributed by atoms with Crippen LogP contribution in [0.15, 0.2) is 35.1 Å². The van der Waals surface area contributed by atoms with Gasteiger partial charge in [0, 0.05) is 24.1 Å². The summed E-state index contributed by atoms with van der Waals surface area (Å²) in [4.78, 5) is 18.8. The zero-order chi connectivity index (χ0) is 13.7. The van der Waals surface area contributed by atoms with Gasteiger partial charge in [-0.1, -0.05) is 30.7 Å². The van der Waals surface area contributed by atoms with Crippen LogP contribution in [0.4, 0.5) is 0 Å². The van der Waals surface area contributed by atoms with Crippen molar-refractivity contribution in [3.05, 3.63) is 62.8 Å². The van der Waals surface area contributed by atoms with Crippen LogP contribution in [0.25, 0.3) is 0 Å². The summed E-state index contributed by atoms with van der Waals surface area (Å²) in [5.41, 5.74) is 1.65. The summed E-state index contributed by atoms with van der Waals surface area (Å²) < 4.78 is 0. The van der Waals surface area contributed by atoms with Crippen LogP contribution in [0.5, 0.6) is 0 Å². The Balaban J connectivity index is 2.20. The fraction of sp³-hybridized carbons (Fsp3) is 0.286. The van der Waals surface area contributed by atoms with E-state index in [1.54, 1.807) is 0 Å². The minimum atomic E-state index is -0.125. The molecule has 0 aliphatic rings. The van der Waals surface area contributed by atoms with Crippen molar-refractivity contribution >= 4 is 11.6 Å². The van der Waals surface area contributed by atoms with Gasteiger partial charge >= 0.3 is 0 Å². The second-order valence-corrected chi connectivity index (χ2v) is 4.71. The average molecular weight is 278 g/mol. The summed E-state index contributed by atoms with van der Waals surface area (Å²) in [6.45, 7) is 3.46. The Morgan fingerprint density at radius 3 is 2.95 bits per heavy atom. The van der Waals surface area contributed by atoms with Gasteiger partial charge in [0.25, 0.3) is 5.56 Å². The molecule has 4 nitrogen and oxygen atoms in total. The summed E-state index contributed by atoms with van der Waals surface area (Å²) in [7, 11) is 0. The molecular formula is C14H16ClN3O. The topological polar surface area (TPSA) is 57.8 Å². The van der Waals surface area contributed by atoms with Gasteiger partial charge in [0.2, 0.25) is 0 Å². The quantitative estimate of drug-likeness (QED) is 0.880. The van der Waals surface area contributed by atoms with E-state index in [9.17, 15) is 4.79 Å². The van der Waals surface area contributed by atoms with Crippen molar-refractivity contribution in [2.75, 3.05) is 6.54 Å². The van der Waals surface area contributed by atoms with Gasteiger partial charge in [0.15, 0.2) is 0 Å². The largest absolute Gasteiger partial charge is 0.311 e. The second-order valence-electron chi connectivity index (χ2n) is 4.27. The molecule has 100 valence electrons. The number of aromatic amines is 1. The highest BCUT2D eigenvalue weighted by Crippen LogP contribution is 2.12. The van der Waals surface area contributed by atoms with Gasteiger partial charge in [-0.05, 0) is 24.2 Å². The molecule has 1 heterocycles. The van der Waals surface area contributed by atoms with Crippen molar-refractivity contribution in [1.29, 1.82) is 0 Å². The van der Waals surface area contributed by atoms with E-state index in [0.717, 1.165) is 17.8 Å². The maximum atomic E-state index is 11.6. The van der Waals surface area contributed by atoms with Crippen molar-refractivity contribution in [2.24, 2.45) is 0 Å². The number of aromatic nitrogens is 2. The molecule has 0 fully saturated rings. The summed E-state index contributed by atoms with van der Waals surface area (Å²) >= 11 is 5.94. The first-order chi connectivity index (χ1) is 9.17. The van der Waals surface area contributed by atoms with E-state index in [4.69, 9.17) is 11.6 Å². The van der Waals surface area contributed by atoms with Crippen molar-refractivity contribution in [2.45, 2.75) is 19.9 Å². The maximum absolute atomic E-state index is 11.6.